The van der Waals surface area contributed by atoms with E-state index in [0.717, 1.165) is 16.7 Å². The number of aromatic nitrogens is 5. The van der Waals surface area contributed by atoms with Gasteiger partial charge in [-0.05, 0) is 16.7 Å². The molecule has 0 aliphatic heterocycles. The number of H-pyrrole nitrogens is 1. The zero-order valence-corrected chi connectivity index (χ0v) is 20.2. The Morgan fingerprint density at radius 3 is 2.00 bits per heavy atom. The quantitative estimate of drug-likeness (QED) is 0.145. The van der Waals surface area contributed by atoms with Crippen molar-refractivity contribution in [3.05, 3.63) is 125 Å². The van der Waals surface area contributed by atoms with Gasteiger partial charge in [0.1, 0.15) is 11.2 Å². The largest absolute Gasteiger partial charge is 0.476 e. The Morgan fingerprint density at radius 2 is 1.51 bits per heavy atom. The lowest BCUT2D eigenvalue weighted by molar-refractivity contribution is -0.129. The Hall–Kier alpha value is -4.90. The molecule has 2 heterocycles. The van der Waals surface area contributed by atoms with E-state index in [1.165, 1.54) is 11.3 Å². The summed E-state index contributed by atoms with van der Waals surface area (Å²) in [6.45, 7) is -0.137. The first kappa shape index (κ1) is 23.8. The van der Waals surface area contributed by atoms with Gasteiger partial charge in [0.25, 0.3) is 0 Å². The van der Waals surface area contributed by atoms with E-state index in [-0.39, 0.29) is 23.8 Å². The highest BCUT2D eigenvalue weighted by Crippen LogP contribution is 2.40. The van der Waals surface area contributed by atoms with E-state index in [4.69, 9.17) is 4.84 Å². The van der Waals surface area contributed by atoms with Gasteiger partial charge in [-0.15, -0.1) is 21.5 Å². The Bertz CT molecular complexity index is 1380. The fourth-order valence-corrected chi connectivity index (χ4v) is 4.73. The number of thiazole rings is 1. The second-order valence-electron chi connectivity index (χ2n) is 7.86. The number of rotatable bonds is 10. The zero-order valence-electron chi connectivity index (χ0n) is 19.4. The van der Waals surface area contributed by atoms with Gasteiger partial charge in [-0.3, -0.25) is 0 Å². The number of benzene rings is 3. The summed E-state index contributed by atoms with van der Waals surface area (Å²) < 4.78 is 0. The first-order valence-corrected chi connectivity index (χ1v) is 12.1. The lowest BCUT2D eigenvalue weighted by Gasteiger charge is -2.36. The molecule has 5 aromatic rings. The molecule has 3 aromatic carbocycles. The molecule has 37 heavy (non-hydrogen) atoms. The third kappa shape index (κ3) is 5.07. The molecule has 0 unspecified atom stereocenters. The molecule has 2 aromatic heterocycles. The van der Waals surface area contributed by atoms with Crippen molar-refractivity contribution in [3.63, 3.8) is 0 Å². The fraction of sp³-hybridized carbons (Fsp3) is 0.0769. The van der Waals surface area contributed by atoms with E-state index in [2.05, 4.69) is 72.5 Å². The second kappa shape index (κ2) is 10.8. The zero-order chi connectivity index (χ0) is 25.5. The average molecular weight is 512 g/mol. The van der Waals surface area contributed by atoms with Crippen molar-refractivity contribution in [2.24, 2.45) is 5.16 Å². The minimum Gasteiger partial charge on any atom is -0.476 e. The molecule has 0 radical (unpaired) electrons. The number of anilines is 1. The standard InChI is InChI=1S/C26H21N7O3S/c34-24(35)23(31-36-16-22-29-32-33-30-22)21-17-37-25(27-21)28-26(18-10-4-1-5-11-18,19-12-6-2-7-13-19)20-14-8-3-9-15-20/h1-15,17H,16H2,(H,27,28)(H,34,35)(H,29,30,32,33). The molecule has 0 aliphatic rings. The minimum atomic E-state index is -1.27. The Labute approximate surface area is 215 Å². The summed E-state index contributed by atoms with van der Waals surface area (Å²) in [6, 6.07) is 30.1. The van der Waals surface area contributed by atoms with Gasteiger partial charge < -0.3 is 15.3 Å². The Balaban J connectivity index is 1.55. The number of carbonyl (C=O) groups is 1. The van der Waals surface area contributed by atoms with E-state index in [1.807, 2.05) is 54.6 Å². The Kier molecular flexibility index (Phi) is 6.95. The molecule has 5 rings (SSSR count). The number of tetrazole rings is 1. The summed E-state index contributed by atoms with van der Waals surface area (Å²) in [5.74, 6) is -1.03. The van der Waals surface area contributed by atoms with Crippen molar-refractivity contribution in [3.8, 4) is 0 Å². The molecular weight excluding hydrogens is 490 g/mol. The van der Waals surface area contributed by atoms with Crippen LogP contribution in [0.3, 0.4) is 0 Å². The molecule has 11 heteroatoms. The average Bonchev–Trinajstić information content (AvgIpc) is 3.63. The minimum absolute atomic E-state index is 0.137. The van der Waals surface area contributed by atoms with E-state index in [9.17, 15) is 9.90 Å². The summed E-state index contributed by atoms with van der Waals surface area (Å²) in [5.41, 5.74) is 2.03. The fourth-order valence-electron chi connectivity index (χ4n) is 3.97. The van der Waals surface area contributed by atoms with Gasteiger partial charge in [0.05, 0.1) is 0 Å². The lowest BCUT2D eigenvalue weighted by atomic mass is 9.77. The van der Waals surface area contributed by atoms with Crippen molar-refractivity contribution in [2.75, 3.05) is 5.32 Å². The monoisotopic (exact) mass is 511 g/mol. The van der Waals surface area contributed by atoms with Crippen molar-refractivity contribution in [2.45, 2.75) is 12.1 Å². The highest BCUT2D eigenvalue weighted by Gasteiger charge is 2.37. The lowest BCUT2D eigenvalue weighted by Crippen LogP contribution is -2.38. The van der Waals surface area contributed by atoms with Crippen LogP contribution in [0.5, 0.6) is 0 Å². The number of nitrogens with one attached hydrogen (secondary N) is 2. The molecular formula is C26H21N7O3S. The number of nitrogens with zero attached hydrogens (tertiary/aromatic N) is 5. The number of carboxylic acid groups (broad SMARTS) is 1. The van der Waals surface area contributed by atoms with E-state index in [1.54, 1.807) is 5.38 Å². The van der Waals surface area contributed by atoms with Crippen molar-refractivity contribution in [1.82, 2.24) is 25.6 Å². The van der Waals surface area contributed by atoms with Gasteiger partial charge in [0, 0.05) is 5.38 Å². The van der Waals surface area contributed by atoms with Crippen LogP contribution in [-0.2, 0) is 21.8 Å². The molecule has 3 N–H and O–H groups in total. The van der Waals surface area contributed by atoms with E-state index >= 15 is 0 Å². The molecule has 0 amide bonds. The maximum atomic E-state index is 11.9. The predicted molar refractivity (Wildman–Crippen MR) is 138 cm³/mol. The molecule has 0 aliphatic carbocycles. The van der Waals surface area contributed by atoms with Gasteiger partial charge in [0.15, 0.2) is 11.7 Å². The SMILES string of the molecule is O=C(O)C(=NOCc1nn[nH]n1)c1csc(NC(c2ccccc2)(c2ccccc2)c2ccccc2)n1. The van der Waals surface area contributed by atoms with Crippen LogP contribution in [0.1, 0.15) is 28.2 Å². The predicted octanol–water partition coefficient (Wildman–Crippen LogP) is 4.07. The van der Waals surface area contributed by atoms with Crippen molar-refractivity contribution < 1.29 is 14.7 Å². The third-order valence-electron chi connectivity index (χ3n) is 5.60. The van der Waals surface area contributed by atoms with Crippen LogP contribution < -0.4 is 5.32 Å². The highest BCUT2D eigenvalue weighted by molar-refractivity contribution is 7.14. The third-order valence-corrected chi connectivity index (χ3v) is 6.36. The molecule has 0 saturated carbocycles. The first-order valence-electron chi connectivity index (χ1n) is 11.2. The van der Waals surface area contributed by atoms with Crippen molar-refractivity contribution in [1.29, 1.82) is 0 Å². The van der Waals surface area contributed by atoms with E-state index < -0.39 is 11.5 Å². The first-order chi connectivity index (χ1) is 18.2. The Morgan fingerprint density at radius 1 is 0.946 bits per heavy atom. The maximum absolute atomic E-state index is 11.9. The number of carboxylic acids is 1. The van der Waals surface area contributed by atoms with Gasteiger partial charge in [-0.25, -0.2) is 9.78 Å². The smallest absolute Gasteiger partial charge is 0.360 e. The molecule has 10 nitrogen and oxygen atoms in total. The van der Waals surface area contributed by atoms with Crippen molar-refractivity contribution >= 4 is 28.1 Å². The number of oxime groups is 1. The number of hydrogen-bond donors (Lipinski definition) is 3. The van der Waals surface area contributed by atoms with Gasteiger partial charge >= 0.3 is 5.97 Å². The number of aromatic amines is 1. The van der Waals surface area contributed by atoms with Gasteiger partial charge in [0.2, 0.25) is 11.5 Å². The highest BCUT2D eigenvalue weighted by atomic mass is 32.1. The van der Waals surface area contributed by atoms with Crippen LogP contribution in [0.2, 0.25) is 0 Å². The summed E-state index contributed by atoms with van der Waals surface area (Å²) in [5, 5.41) is 32.5. The topological polar surface area (TPSA) is 138 Å². The van der Waals surface area contributed by atoms with E-state index in [0.29, 0.717) is 5.13 Å². The summed E-state index contributed by atoms with van der Waals surface area (Å²) >= 11 is 1.28. The van der Waals surface area contributed by atoms with Crippen LogP contribution in [0.4, 0.5) is 5.13 Å². The second-order valence-corrected chi connectivity index (χ2v) is 8.72. The van der Waals surface area contributed by atoms with Crippen LogP contribution in [0.15, 0.2) is 102 Å². The number of aliphatic carboxylic acids is 1. The van der Waals surface area contributed by atoms with Gasteiger partial charge in [-0.2, -0.15) is 5.21 Å². The molecule has 0 spiro atoms. The summed E-state index contributed by atoms with van der Waals surface area (Å²) in [4.78, 5) is 21.7. The normalized spacial score (nSPS) is 11.7. The molecule has 0 saturated heterocycles. The molecule has 184 valence electrons. The van der Waals surface area contributed by atoms with Crippen LogP contribution in [-0.4, -0.2) is 42.4 Å². The van der Waals surface area contributed by atoms with Gasteiger partial charge in [-0.1, -0.05) is 101 Å². The number of hydrogen-bond acceptors (Lipinski definition) is 9. The van der Waals surface area contributed by atoms with Crippen LogP contribution >= 0.6 is 11.3 Å². The maximum Gasteiger partial charge on any atom is 0.360 e. The molecule has 0 bridgehead atoms. The molecule has 0 atom stereocenters. The molecule has 0 fully saturated rings. The van der Waals surface area contributed by atoms with Crippen LogP contribution in [0, 0.1) is 0 Å². The summed E-state index contributed by atoms with van der Waals surface area (Å²) in [7, 11) is 0. The summed E-state index contributed by atoms with van der Waals surface area (Å²) in [6.07, 6.45) is 0. The van der Waals surface area contributed by atoms with Crippen LogP contribution in [0.25, 0.3) is 0 Å².